The molecule has 6 nitrogen and oxygen atoms in total. The molecule has 0 fully saturated rings. The standard InChI is InChI=1S/C22H27NO5/c1-4-13-27-19-12-11-18(14-20(19)26-5-2)22(25)28-15-21(24)23-16(3)17-9-7-6-8-10-17/h6-12,14,16H,4-5,13,15H2,1-3H3,(H,23,24)/t16-/m1/s1. The molecule has 6 heteroatoms. The van der Waals surface area contributed by atoms with Crippen molar-refractivity contribution in [3.63, 3.8) is 0 Å². The summed E-state index contributed by atoms with van der Waals surface area (Å²) in [4.78, 5) is 24.4. The lowest BCUT2D eigenvalue weighted by Crippen LogP contribution is -2.31. The molecule has 0 spiro atoms. The fourth-order valence-electron chi connectivity index (χ4n) is 2.56. The Balaban J connectivity index is 1.92. The van der Waals surface area contributed by atoms with Crippen LogP contribution in [-0.2, 0) is 9.53 Å². The van der Waals surface area contributed by atoms with Gasteiger partial charge in [0.2, 0.25) is 0 Å². The van der Waals surface area contributed by atoms with E-state index in [9.17, 15) is 9.59 Å². The Hall–Kier alpha value is -3.02. The minimum Gasteiger partial charge on any atom is -0.490 e. The number of hydrogen-bond donors (Lipinski definition) is 1. The third-order valence-corrected chi connectivity index (χ3v) is 3.95. The summed E-state index contributed by atoms with van der Waals surface area (Å²) in [5, 5.41) is 2.81. The average Bonchev–Trinajstić information content (AvgIpc) is 2.71. The van der Waals surface area contributed by atoms with E-state index in [0.29, 0.717) is 30.3 Å². The summed E-state index contributed by atoms with van der Waals surface area (Å²) in [7, 11) is 0. The Bertz CT molecular complexity index is 776. The molecule has 0 aliphatic rings. The molecule has 2 aromatic carbocycles. The van der Waals surface area contributed by atoms with Crippen LogP contribution in [-0.4, -0.2) is 31.7 Å². The lowest BCUT2D eigenvalue weighted by atomic mass is 10.1. The number of benzene rings is 2. The van der Waals surface area contributed by atoms with E-state index in [1.165, 1.54) is 0 Å². The first-order valence-electron chi connectivity index (χ1n) is 9.46. The van der Waals surface area contributed by atoms with Crippen LogP contribution in [0.3, 0.4) is 0 Å². The van der Waals surface area contributed by atoms with Crippen molar-refractivity contribution in [1.82, 2.24) is 5.32 Å². The Morgan fingerprint density at radius 3 is 2.43 bits per heavy atom. The Morgan fingerprint density at radius 2 is 1.75 bits per heavy atom. The Morgan fingerprint density at radius 1 is 1.00 bits per heavy atom. The van der Waals surface area contributed by atoms with Gasteiger partial charge in [0.05, 0.1) is 24.8 Å². The number of amides is 1. The van der Waals surface area contributed by atoms with Crippen LogP contribution in [0.25, 0.3) is 0 Å². The second-order valence-corrected chi connectivity index (χ2v) is 6.22. The van der Waals surface area contributed by atoms with E-state index in [0.717, 1.165) is 12.0 Å². The lowest BCUT2D eigenvalue weighted by molar-refractivity contribution is -0.124. The number of hydrogen-bond acceptors (Lipinski definition) is 5. The van der Waals surface area contributed by atoms with Gasteiger partial charge in [-0.3, -0.25) is 4.79 Å². The second-order valence-electron chi connectivity index (χ2n) is 6.22. The number of esters is 1. The van der Waals surface area contributed by atoms with Crippen LogP contribution >= 0.6 is 0 Å². The molecule has 1 amide bonds. The summed E-state index contributed by atoms with van der Waals surface area (Å²) in [6.45, 7) is 6.39. The summed E-state index contributed by atoms with van der Waals surface area (Å²) in [5.41, 5.74) is 1.28. The predicted molar refractivity (Wildman–Crippen MR) is 107 cm³/mol. The zero-order valence-electron chi connectivity index (χ0n) is 16.6. The highest BCUT2D eigenvalue weighted by Crippen LogP contribution is 2.29. The largest absolute Gasteiger partial charge is 0.490 e. The normalized spacial score (nSPS) is 11.4. The lowest BCUT2D eigenvalue weighted by Gasteiger charge is -2.15. The van der Waals surface area contributed by atoms with Crippen LogP contribution in [0, 0.1) is 0 Å². The molecule has 0 aliphatic carbocycles. The first-order chi connectivity index (χ1) is 13.5. The van der Waals surface area contributed by atoms with Crippen molar-refractivity contribution in [3.8, 4) is 11.5 Å². The molecular formula is C22H27NO5. The van der Waals surface area contributed by atoms with Crippen molar-refractivity contribution in [1.29, 1.82) is 0 Å². The van der Waals surface area contributed by atoms with Crippen LogP contribution in [0.1, 0.15) is 49.2 Å². The SMILES string of the molecule is CCCOc1ccc(C(=O)OCC(=O)N[C@H](C)c2ccccc2)cc1OCC. The van der Waals surface area contributed by atoms with Crippen molar-refractivity contribution in [2.24, 2.45) is 0 Å². The van der Waals surface area contributed by atoms with E-state index in [2.05, 4.69) is 5.32 Å². The Kier molecular flexibility index (Phi) is 8.34. The zero-order valence-corrected chi connectivity index (χ0v) is 16.6. The number of nitrogens with one attached hydrogen (secondary N) is 1. The maximum atomic E-state index is 12.3. The minimum atomic E-state index is -0.592. The van der Waals surface area contributed by atoms with E-state index < -0.39 is 5.97 Å². The number of ether oxygens (including phenoxy) is 3. The minimum absolute atomic E-state index is 0.174. The van der Waals surface area contributed by atoms with Gasteiger partial charge < -0.3 is 19.5 Å². The molecule has 0 aliphatic heterocycles. The molecule has 0 heterocycles. The summed E-state index contributed by atoms with van der Waals surface area (Å²) >= 11 is 0. The maximum Gasteiger partial charge on any atom is 0.338 e. The number of rotatable bonds is 10. The molecule has 28 heavy (non-hydrogen) atoms. The summed E-state index contributed by atoms with van der Waals surface area (Å²) < 4.78 is 16.3. The van der Waals surface area contributed by atoms with Crippen LogP contribution in [0.15, 0.2) is 48.5 Å². The van der Waals surface area contributed by atoms with Crippen LogP contribution in [0.2, 0.25) is 0 Å². The van der Waals surface area contributed by atoms with Crippen molar-refractivity contribution in [2.45, 2.75) is 33.2 Å². The monoisotopic (exact) mass is 385 g/mol. The molecule has 150 valence electrons. The topological polar surface area (TPSA) is 73.9 Å². The molecule has 0 aromatic heterocycles. The smallest absolute Gasteiger partial charge is 0.338 e. The summed E-state index contributed by atoms with van der Waals surface area (Å²) in [6, 6.07) is 14.2. The van der Waals surface area contributed by atoms with E-state index >= 15 is 0 Å². The first kappa shape index (κ1) is 21.3. The van der Waals surface area contributed by atoms with E-state index in [1.54, 1.807) is 18.2 Å². The van der Waals surface area contributed by atoms with Crippen LogP contribution < -0.4 is 14.8 Å². The highest BCUT2D eigenvalue weighted by Gasteiger charge is 2.15. The van der Waals surface area contributed by atoms with E-state index in [-0.39, 0.29) is 18.6 Å². The molecule has 2 rings (SSSR count). The zero-order chi connectivity index (χ0) is 20.4. The third-order valence-electron chi connectivity index (χ3n) is 3.95. The molecule has 0 saturated carbocycles. The van der Waals surface area contributed by atoms with E-state index in [4.69, 9.17) is 14.2 Å². The quantitative estimate of drug-likeness (QED) is 0.628. The second kappa shape index (κ2) is 11.0. The first-order valence-corrected chi connectivity index (χ1v) is 9.46. The number of carbonyl (C=O) groups is 2. The van der Waals surface area contributed by atoms with Gasteiger partial charge in [0, 0.05) is 0 Å². The van der Waals surface area contributed by atoms with Crippen LogP contribution in [0.4, 0.5) is 0 Å². The molecular weight excluding hydrogens is 358 g/mol. The van der Waals surface area contributed by atoms with Gasteiger partial charge in [0.1, 0.15) is 0 Å². The fraction of sp³-hybridized carbons (Fsp3) is 0.364. The van der Waals surface area contributed by atoms with Gasteiger partial charge in [-0.1, -0.05) is 37.3 Å². The predicted octanol–water partition coefficient (Wildman–Crippen LogP) is 3.91. The highest BCUT2D eigenvalue weighted by molar-refractivity contribution is 5.92. The van der Waals surface area contributed by atoms with Gasteiger partial charge in [-0.2, -0.15) is 0 Å². The van der Waals surface area contributed by atoms with Crippen LogP contribution in [0.5, 0.6) is 11.5 Å². The molecule has 0 radical (unpaired) electrons. The number of carbonyl (C=O) groups excluding carboxylic acids is 2. The van der Waals surface area contributed by atoms with Gasteiger partial charge in [0.15, 0.2) is 18.1 Å². The summed E-state index contributed by atoms with van der Waals surface area (Å²) in [5.74, 6) is 0.102. The van der Waals surface area contributed by atoms with Crippen molar-refractivity contribution < 1.29 is 23.8 Å². The van der Waals surface area contributed by atoms with Gasteiger partial charge in [-0.05, 0) is 44.0 Å². The van der Waals surface area contributed by atoms with Gasteiger partial charge in [-0.15, -0.1) is 0 Å². The van der Waals surface area contributed by atoms with Crippen molar-refractivity contribution in [2.75, 3.05) is 19.8 Å². The molecule has 1 atom stereocenters. The van der Waals surface area contributed by atoms with Gasteiger partial charge >= 0.3 is 5.97 Å². The van der Waals surface area contributed by atoms with Crippen molar-refractivity contribution >= 4 is 11.9 Å². The van der Waals surface area contributed by atoms with Gasteiger partial charge in [-0.25, -0.2) is 4.79 Å². The highest BCUT2D eigenvalue weighted by atomic mass is 16.5. The maximum absolute atomic E-state index is 12.3. The molecule has 0 unspecified atom stereocenters. The molecule has 0 saturated heterocycles. The molecule has 0 bridgehead atoms. The van der Waals surface area contributed by atoms with Crippen molar-refractivity contribution in [3.05, 3.63) is 59.7 Å². The Labute approximate surface area is 165 Å². The average molecular weight is 385 g/mol. The van der Waals surface area contributed by atoms with Gasteiger partial charge in [0.25, 0.3) is 5.91 Å². The summed E-state index contributed by atoms with van der Waals surface area (Å²) in [6.07, 6.45) is 0.867. The third kappa shape index (κ3) is 6.30. The fourth-order valence-corrected chi connectivity index (χ4v) is 2.56. The molecule has 1 N–H and O–H groups in total. The molecule has 2 aromatic rings. The van der Waals surface area contributed by atoms with E-state index in [1.807, 2.05) is 51.1 Å².